The van der Waals surface area contributed by atoms with E-state index < -0.39 is 0 Å². The quantitative estimate of drug-likeness (QED) is 0.102. The first-order valence-corrected chi connectivity index (χ1v) is 22.5. The molecule has 60 heavy (non-hydrogen) atoms. The SMILES string of the molecule is Cc1cc(OCC2CC(c3ccc(CN4CCCC4)cc3)C2)nc2c(COc3cc4ccccc4nc3OCC3CC(c4ccc(CN5CCCC5)cc4)C3)c(F)ccc12. The van der Waals surface area contributed by atoms with Gasteiger partial charge in [0.1, 0.15) is 12.4 Å². The maximum Gasteiger partial charge on any atom is 0.257 e. The van der Waals surface area contributed by atoms with E-state index in [1.54, 1.807) is 6.07 Å². The number of halogens is 1. The molecule has 2 saturated carbocycles. The van der Waals surface area contributed by atoms with Crippen LogP contribution in [0.1, 0.15) is 96.6 Å². The standard InChI is InChI=1S/C52H57FN4O3/c1-35-24-50(59-32-38-25-43(26-38)40-14-10-36(11-15-40)30-56-20-4-5-21-56)55-51-45(35)18-19-47(53)46(51)34-58-49-29-42-8-2-3-9-48(42)54-52(49)60-33-39-27-44(28-39)41-16-12-37(13-17-41)31-57-22-6-7-23-57/h2-3,8-19,24,29,38-39,43-44H,4-7,20-23,25-28,30-34H2,1H3. The number of pyridine rings is 2. The molecule has 10 rings (SSSR count). The largest absolute Gasteiger partial charge is 0.483 e. The van der Waals surface area contributed by atoms with Gasteiger partial charge in [0.25, 0.3) is 5.88 Å². The Morgan fingerprint density at radius 1 is 0.633 bits per heavy atom. The number of aromatic nitrogens is 2. The molecule has 0 atom stereocenters. The number of aryl methyl sites for hydroxylation is 1. The minimum Gasteiger partial charge on any atom is -0.483 e. The number of para-hydroxylation sites is 1. The summed E-state index contributed by atoms with van der Waals surface area (Å²) in [5, 5.41) is 1.82. The first-order chi connectivity index (χ1) is 29.5. The number of ether oxygens (including phenoxy) is 3. The Morgan fingerprint density at radius 2 is 1.22 bits per heavy atom. The minimum atomic E-state index is -0.361. The van der Waals surface area contributed by atoms with Crippen molar-refractivity contribution < 1.29 is 18.6 Å². The number of hydrogen-bond acceptors (Lipinski definition) is 7. The van der Waals surface area contributed by atoms with E-state index in [4.69, 9.17) is 24.2 Å². The van der Waals surface area contributed by atoms with Crippen molar-refractivity contribution in [3.05, 3.63) is 136 Å². The van der Waals surface area contributed by atoms with E-state index in [0.29, 0.717) is 65.5 Å². The zero-order valence-corrected chi connectivity index (χ0v) is 35.0. The Bertz CT molecular complexity index is 2410. The van der Waals surface area contributed by atoms with Crippen molar-refractivity contribution in [2.24, 2.45) is 11.8 Å². The molecule has 0 radical (unpaired) electrons. The minimum absolute atomic E-state index is 0.0180. The first-order valence-electron chi connectivity index (χ1n) is 22.5. The molecular weight excluding hydrogens is 748 g/mol. The third-order valence-electron chi connectivity index (χ3n) is 13.7. The van der Waals surface area contributed by atoms with Crippen molar-refractivity contribution in [1.29, 1.82) is 0 Å². The topological polar surface area (TPSA) is 60.0 Å². The van der Waals surface area contributed by atoms with Crippen LogP contribution in [0, 0.1) is 24.6 Å². The van der Waals surface area contributed by atoms with Gasteiger partial charge >= 0.3 is 0 Å². The van der Waals surface area contributed by atoms with Crippen molar-refractivity contribution >= 4 is 21.8 Å². The second-order valence-corrected chi connectivity index (χ2v) is 18.1. The van der Waals surface area contributed by atoms with E-state index in [0.717, 1.165) is 60.6 Å². The maximum atomic E-state index is 15.7. The van der Waals surface area contributed by atoms with E-state index in [1.807, 2.05) is 43.3 Å². The second kappa shape index (κ2) is 17.5. The summed E-state index contributed by atoms with van der Waals surface area (Å²) in [7, 11) is 0. The van der Waals surface area contributed by atoms with Crippen LogP contribution in [0.5, 0.6) is 17.5 Å². The van der Waals surface area contributed by atoms with Gasteiger partial charge in [-0.05, 0) is 160 Å². The van der Waals surface area contributed by atoms with Gasteiger partial charge in [-0.25, -0.2) is 14.4 Å². The third kappa shape index (κ3) is 8.73. The third-order valence-corrected chi connectivity index (χ3v) is 13.7. The fourth-order valence-electron chi connectivity index (χ4n) is 9.99. The van der Waals surface area contributed by atoms with E-state index in [2.05, 4.69) is 58.3 Å². The second-order valence-electron chi connectivity index (χ2n) is 18.1. The normalized spacial score (nSPS) is 21.9. The maximum absolute atomic E-state index is 15.7. The Kier molecular flexibility index (Phi) is 11.4. The number of benzene rings is 4. The smallest absolute Gasteiger partial charge is 0.257 e. The molecule has 0 spiro atoms. The van der Waals surface area contributed by atoms with Crippen LogP contribution in [-0.4, -0.2) is 59.2 Å². The van der Waals surface area contributed by atoms with Gasteiger partial charge in [-0.3, -0.25) is 9.80 Å². The number of fused-ring (bicyclic) bond motifs is 2. The molecule has 2 saturated heterocycles. The zero-order valence-electron chi connectivity index (χ0n) is 35.0. The monoisotopic (exact) mass is 804 g/mol. The molecule has 2 aromatic heterocycles. The van der Waals surface area contributed by atoms with Crippen molar-refractivity contribution in [3.8, 4) is 17.5 Å². The molecule has 4 aliphatic rings. The van der Waals surface area contributed by atoms with Gasteiger partial charge in [0.2, 0.25) is 5.88 Å². The van der Waals surface area contributed by atoms with Gasteiger partial charge in [0.05, 0.1) is 29.8 Å². The van der Waals surface area contributed by atoms with Crippen LogP contribution >= 0.6 is 0 Å². The summed E-state index contributed by atoms with van der Waals surface area (Å²) in [5.74, 6) is 3.12. The highest BCUT2D eigenvalue weighted by Crippen LogP contribution is 2.44. The van der Waals surface area contributed by atoms with Crippen LogP contribution in [0.25, 0.3) is 21.8 Å². The highest BCUT2D eigenvalue weighted by molar-refractivity contribution is 5.86. The lowest BCUT2D eigenvalue weighted by atomic mass is 9.72. The van der Waals surface area contributed by atoms with E-state index >= 15 is 4.39 Å². The molecule has 4 heterocycles. The van der Waals surface area contributed by atoms with Crippen LogP contribution in [0.15, 0.2) is 97.1 Å². The molecule has 8 heteroatoms. The van der Waals surface area contributed by atoms with Gasteiger partial charge in [0, 0.05) is 29.9 Å². The van der Waals surface area contributed by atoms with Crippen LogP contribution in [0.3, 0.4) is 0 Å². The molecule has 0 bridgehead atoms. The number of rotatable bonds is 15. The highest BCUT2D eigenvalue weighted by Gasteiger charge is 2.32. The highest BCUT2D eigenvalue weighted by atomic mass is 19.1. The number of likely N-dealkylation sites (tertiary alicyclic amines) is 2. The Morgan fingerprint density at radius 3 is 1.83 bits per heavy atom. The van der Waals surface area contributed by atoms with Gasteiger partial charge in [-0.1, -0.05) is 66.7 Å². The van der Waals surface area contributed by atoms with Gasteiger partial charge in [0.15, 0.2) is 5.75 Å². The van der Waals surface area contributed by atoms with Gasteiger partial charge in [-0.2, -0.15) is 0 Å². The van der Waals surface area contributed by atoms with Crippen molar-refractivity contribution in [3.63, 3.8) is 0 Å². The molecule has 2 aliphatic heterocycles. The predicted molar refractivity (Wildman–Crippen MR) is 236 cm³/mol. The van der Waals surface area contributed by atoms with Gasteiger partial charge < -0.3 is 14.2 Å². The summed E-state index contributed by atoms with van der Waals surface area (Å²) in [5.41, 5.74) is 8.43. The van der Waals surface area contributed by atoms with E-state index in [-0.39, 0.29) is 12.4 Å². The molecular formula is C52H57FN4O3. The first kappa shape index (κ1) is 39.1. The van der Waals surface area contributed by atoms with Crippen LogP contribution < -0.4 is 14.2 Å². The van der Waals surface area contributed by atoms with E-state index in [1.165, 1.54) is 80.2 Å². The summed E-state index contributed by atoms with van der Waals surface area (Å²) in [6.07, 6.45) is 9.65. The molecule has 2 aliphatic carbocycles. The Labute approximate surface area is 353 Å². The number of nitrogens with zero attached hydrogens (tertiary/aromatic N) is 4. The molecule has 0 amide bonds. The van der Waals surface area contributed by atoms with E-state index in [9.17, 15) is 0 Å². The van der Waals surface area contributed by atoms with Crippen molar-refractivity contribution in [1.82, 2.24) is 19.8 Å². The van der Waals surface area contributed by atoms with Crippen molar-refractivity contribution in [2.75, 3.05) is 39.4 Å². The average Bonchev–Trinajstić information content (AvgIpc) is 3.95. The molecule has 4 aromatic carbocycles. The summed E-state index contributed by atoms with van der Waals surface area (Å²) >= 11 is 0. The summed E-state index contributed by atoms with van der Waals surface area (Å²) < 4.78 is 34.9. The molecule has 6 aromatic rings. The van der Waals surface area contributed by atoms with Gasteiger partial charge in [-0.15, -0.1) is 0 Å². The molecule has 0 unspecified atom stereocenters. The molecule has 7 nitrogen and oxygen atoms in total. The fourth-order valence-corrected chi connectivity index (χ4v) is 9.99. The predicted octanol–water partition coefficient (Wildman–Crippen LogP) is 11.1. The molecule has 4 fully saturated rings. The lowest BCUT2D eigenvalue weighted by Crippen LogP contribution is -2.27. The summed E-state index contributed by atoms with van der Waals surface area (Å²) in [4.78, 5) is 14.9. The van der Waals surface area contributed by atoms with Crippen LogP contribution in [-0.2, 0) is 19.7 Å². The summed E-state index contributed by atoms with van der Waals surface area (Å²) in [6, 6.07) is 33.7. The van der Waals surface area contributed by atoms with Crippen molar-refractivity contribution in [2.45, 2.75) is 89.8 Å². The van der Waals surface area contributed by atoms with Crippen LogP contribution in [0.2, 0.25) is 0 Å². The lowest BCUT2D eigenvalue weighted by molar-refractivity contribution is 0.148. The Balaban J connectivity index is 0.770. The zero-order chi connectivity index (χ0) is 40.4. The van der Waals surface area contributed by atoms with Crippen LogP contribution in [0.4, 0.5) is 4.39 Å². The number of hydrogen-bond donors (Lipinski definition) is 0. The summed E-state index contributed by atoms with van der Waals surface area (Å²) in [6.45, 7) is 10.2. The molecule has 310 valence electrons. The fraction of sp³-hybridized carbons (Fsp3) is 0.423. The average molecular weight is 805 g/mol. The molecule has 0 N–H and O–H groups in total. The lowest BCUT2D eigenvalue weighted by Gasteiger charge is -2.35. The Hall–Kier alpha value is -5.05.